The van der Waals surface area contributed by atoms with Gasteiger partial charge in [0.1, 0.15) is 17.4 Å². The number of rotatable bonds is 5. The average Bonchev–Trinajstić information content (AvgIpc) is 2.92. The third-order valence-electron chi connectivity index (χ3n) is 8.77. The Bertz CT molecular complexity index is 1430. The van der Waals surface area contributed by atoms with Crippen LogP contribution in [0, 0.1) is 0 Å². The minimum Gasteiger partial charge on any atom is -0.507 e. The molecule has 3 aliphatic rings. The molecule has 1 fully saturated rings. The van der Waals surface area contributed by atoms with Crippen molar-refractivity contribution in [2.45, 2.75) is 75.3 Å². The van der Waals surface area contributed by atoms with E-state index in [1.54, 1.807) is 13.8 Å². The zero-order valence-corrected chi connectivity index (χ0v) is 24.8. The first-order valence-electron chi connectivity index (χ1n) is 13.6. The molecule has 0 spiro atoms. The van der Waals surface area contributed by atoms with Gasteiger partial charge in [-0.05, 0) is 45.1 Å². The monoisotopic (exact) mass is 605 g/mol. The van der Waals surface area contributed by atoms with Crippen molar-refractivity contribution in [2.75, 3.05) is 21.2 Å². The van der Waals surface area contributed by atoms with E-state index in [2.05, 4.69) is 0 Å². The second kappa shape index (κ2) is 11.6. The quantitative estimate of drug-likeness (QED) is 0.316. The SMILES string of the molecule is CCC1(O)CC(OC2CC(N(C)C)C(O)C(C)O2)c2c(cc3c(c2O)C(=O)c2c(O)cccc2C3=O)C1C(=O)OC.Cl. The summed E-state index contributed by atoms with van der Waals surface area (Å²) in [5.74, 6) is -4.42. The van der Waals surface area contributed by atoms with Gasteiger partial charge in [-0.2, -0.15) is 0 Å². The van der Waals surface area contributed by atoms with E-state index < -0.39 is 65.2 Å². The molecular formula is C30H36ClNO10. The molecule has 5 rings (SSSR count). The number of aromatic hydroxyl groups is 2. The molecule has 42 heavy (non-hydrogen) atoms. The number of phenols is 2. The number of hydrogen-bond donors (Lipinski definition) is 4. The van der Waals surface area contributed by atoms with Crippen LogP contribution in [0.4, 0.5) is 0 Å². The maximum atomic E-state index is 13.6. The number of esters is 1. The van der Waals surface area contributed by atoms with Crippen molar-refractivity contribution < 1.29 is 49.0 Å². The third kappa shape index (κ3) is 4.87. The number of likely N-dealkylation sites (N-methyl/N-ethyl adjacent to an activating group) is 1. The number of ketones is 2. The van der Waals surface area contributed by atoms with Crippen molar-refractivity contribution >= 4 is 29.9 Å². The topological polar surface area (TPSA) is 163 Å². The first-order chi connectivity index (χ1) is 19.3. The first kappa shape index (κ1) is 31.9. The molecule has 4 N–H and O–H groups in total. The van der Waals surface area contributed by atoms with Crippen LogP contribution in [0.25, 0.3) is 0 Å². The van der Waals surface area contributed by atoms with Crippen molar-refractivity contribution in [3.05, 3.63) is 57.6 Å². The van der Waals surface area contributed by atoms with Gasteiger partial charge in [-0.25, -0.2) is 0 Å². The molecule has 0 amide bonds. The number of fused-ring (bicyclic) bond motifs is 3. The van der Waals surface area contributed by atoms with Crippen LogP contribution in [-0.2, 0) is 19.0 Å². The summed E-state index contributed by atoms with van der Waals surface area (Å²) < 4.78 is 17.3. The number of ether oxygens (including phenoxy) is 3. The third-order valence-corrected chi connectivity index (χ3v) is 8.77. The van der Waals surface area contributed by atoms with Crippen LogP contribution < -0.4 is 0 Å². The summed E-state index contributed by atoms with van der Waals surface area (Å²) in [6.45, 7) is 3.41. The van der Waals surface area contributed by atoms with Gasteiger partial charge in [-0.3, -0.25) is 14.4 Å². The molecule has 0 bridgehead atoms. The van der Waals surface area contributed by atoms with Crippen molar-refractivity contribution in [1.82, 2.24) is 4.90 Å². The van der Waals surface area contributed by atoms with Gasteiger partial charge >= 0.3 is 5.97 Å². The maximum absolute atomic E-state index is 13.6. The van der Waals surface area contributed by atoms with Crippen LogP contribution in [0.2, 0.25) is 0 Å². The Hall–Kier alpha value is -3.06. The number of methoxy groups -OCH3 is 1. The van der Waals surface area contributed by atoms with E-state index in [0.29, 0.717) is 0 Å². The summed E-state index contributed by atoms with van der Waals surface area (Å²) in [4.78, 5) is 42.1. The Morgan fingerprint density at radius 2 is 1.83 bits per heavy atom. The number of nitrogens with zero attached hydrogens (tertiary/aromatic N) is 1. The first-order valence-corrected chi connectivity index (χ1v) is 13.6. The maximum Gasteiger partial charge on any atom is 0.316 e. The van der Waals surface area contributed by atoms with E-state index in [1.807, 2.05) is 19.0 Å². The molecule has 0 saturated carbocycles. The lowest BCUT2D eigenvalue weighted by Gasteiger charge is -2.46. The Labute approximate surface area is 249 Å². The lowest BCUT2D eigenvalue weighted by molar-refractivity contribution is -0.258. The summed E-state index contributed by atoms with van der Waals surface area (Å²) in [7, 11) is 4.82. The molecule has 12 heteroatoms. The van der Waals surface area contributed by atoms with Gasteiger partial charge in [0, 0.05) is 35.6 Å². The van der Waals surface area contributed by atoms with Crippen LogP contribution in [-0.4, -0.2) is 94.2 Å². The van der Waals surface area contributed by atoms with E-state index in [-0.39, 0.29) is 71.1 Å². The molecule has 0 radical (unpaired) electrons. The number of aliphatic hydroxyl groups is 2. The zero-order chi connectivity index (χ0) is 30.0. The second-order valence-corrected chi connectivity index (χ2v) is 11.3. The number of carbonyl (C=O) groups is 3. The molecule has 1 heterocycles. The standard InChI is InChI=1S/C30H35NO10.ClH/c1-6-30(38)12-19(41-20-11-17(31(3)4)25(33)13(2)40-20)22-15(24(30)29(37)39-5)10-16-23(28(22)36)27(35)21-14(26(16)34)8-7-9-18(21)32;/h7-10,13,17,19-20,24-25,32-33,36,38H,6,11-12H2,1-5H3;1H. The number of aliphatic hydroxyl groups excluding tert-OH is 1. The van der Waals surface area contributed by atoms with Gasteiger partial charge in [0.2, 0.25) is 5.78 Å². The van der Waals surface area contributed by atoms with Crippen LogP contribution in [0.15, 0.2) is 24.3 Å². The molecule has 1 aliphatic heterocycles. The van der Waals surface area contributed by atoms with Gasteiger partial charge in [-0.1, -0.05) is 19.1 Å². The summed E-state index contributed by atoms with van der Waals surface area (Å²) in [6, 6.07) is 5.14. The second-order valence-electron chi connectivity index (χ2n) is 11.3. The molecule has 1 saturated heterocycles. The largest absolute Gasteiger partial charge is 0.507 e. The highest BCUT2D eigenvalue weighted by Crippen LogP contribution is 2.54. The van der Waals surface area contributed by atoms with Gasteiger partial charge in [0.05, 0.1) is 42.1 Å². The lowest BCUT2D eigenvalue weighted by atomic mass is 9.67. The van der Waals surface area contributed by atoms with Gasteiger partial charge in [-0.15, -0.1) is 12.4 Å². The van der Waals surface area contributed by atoms with Crippen LogP contribution in [0.5, 0.6) is 11.5 Å². The molecule has 11 nitrogen and oxygen atoms in total. The average molecular weight is 606 g/mol. The number of phenolic OH excluding ortho intramolecular Hbond substituents is 2. The number of carbonyl (C=O) groups excluding carboxylic acids is 3. The Balaban J connectivity index is 0.00000405. The molecular weight excluding hydrogens is 570 g/mol. The highest BCUT2D eigenvalue weighted by Gasteiger charge is 2.53. The summed E-state index contributed by atoms with van der Waals surface area (Å²) in [5.41, 5.74) is -2.27. The summed E-state index contributed by atoms with van der Waals surface area (Å²) in [6.07, 6.45) is -3.09. The Morgan fingerprint density at radius 1 is 1.14 bits per heavy atom. The van der Waals surface area contributed by atoms with E-state index in [4.69, 9.17) is 14.2 Å². The van der Waals surface area contributed by atoms with Crippen molar-refractivity contribution in [2.24, 2.45) is 0 Å². The number of benzene rings is 2. The minimum atomic E-state index is -1.69. The highest BCUT2D eigenvalue weighted by molar-refractivity contribution is 6.30. The Morgan fingerprint density at radius 3 is 2.45 bits per heavy atom. The predicted octanol–water partition coefficient (Wildman–Crippen LogP) is 2.58. The molecule has 7 unspecified atom stereocenters. The number of hydrogen-bond acceptors (Lipinski definition) is 11. The van der Waals surface area contributed by atoms with Crippen molar-refractivity contribution in [3.63, 3.8) is 0 Å². The molecule has 2 aliphatic carbocycles. The van der Waals surface area contributed by atoms with Crippen molar-refractivity contribution in [1.29, 1.82) is 0 Å². The molecule has 228 valence electrons. The van der Waals surface area contributed by atoms with E-state index in [9.17, 15) is 34.8 Å². The van der Waals surface area contributed by atoms with E-state index in [1.165, 1.54) is 31.4 Å². The molecule has 0 aromatic heterocycles. The lowest BCUT2D eigenvalue weighted by Crippen LogP contribution is -2.54. The smallest absolute Gasteiger partial charge is 0.316 e. The van der Waals surface area contributed by atoms with Crippen LogP contribution in [0.1, 0.15) is 88.1 Å². The molecule has 2 aromatic rings. The van der Waals surface area contributed by atoms with Gasteiger partial charge in [0.25, 0.3) is 0 Å². The summed E-state index contributed by atoms with van der Waals surface area (Å²) in [5, 5.41) is 44.5. The normalized spacial score (nSPS) is 30.2. The fourth-order valence-corrected chi connectivity index (χ4v) is 6.50. The van der Waals surface area contributed by atoms with E-state index >= 15 is 0 Å². The predicted molar refractivity (Wildman–Crippen MR) is 151 cm³/mol. The molecule has 2 aromatic carbocycles. The highest BCUT2D eigenvalue weighted by atomic mass is 35.5. The van der Waals surface area contributed by atoms with Gasteiger partial charge in [0.15, 0.2) is 12.1 Å². The van der Waals surface area contributed by atoms with Crippen LogP contribution in [0.3, 0.4) is 0 Å². The van der Waals surface area contributed by atoms with E-state index in [0.717, 1.165) is 0 Å². The van der Waals surface area contributed by atoms with Crippen molar-refractivity contribution in [3.8, 4) is 11.5 Å². The molecule has 7 atom stereocenters. The zero-order valence-electron chi connectivity index (χ0n) is 24.0. The van der Waals surface area contributed by atoms with Crippen LogP contribution >= 0.6 is 12.4 Å². The fraction of sp³-hybridized carbons (Fsp3) is 0.500. The summed E-state index contributed by atoms with van der Waals surface area (Å²) >= 11 is 0. The number of halogens is 1. The fourth-order valence-electron chi connectivity index (χ4n) is 6.50. The minimum absolute atomic E-state index is 0. The van der Waals surface area contributed by atoms with Gasteiger partial charge < -0.3 is 39.5 Å². The Kier molecular flexibility index (Phi) is 8.77.